The van der Waals surface area contributed by atoms with Crippen molar-refractivity contribution >= 4 is 0 Å². The average Bonchev–Trinajstić information content (AvgIpc) is 2.12. The van der Waals surface area contributed by atoms with Crippen molar-refractivity contribution in [2.75, 3.05) is 103 Å². The van der Waals surface area contributed by atoms with Gasteiger partial charge in [0.25, 0.3) is 0 Å². The molecule has 0 aromatic rings. The van der Waals surface area contributed by atoms with Crippen LogP contribution in [0.2, 0.25) is 0 Å². The van der Waals surface area contributed by atoms with Crippen LogP contribution in [0.3, 0.4) is 0 Å². The van der Waals surface area contributed by atoms with Gasteiger partial charge in [-0.25, -0.2) is 0 Å². The van der Waals surface area contributed by atoms with Gasteiger partial charge in [0.1, 0.15) is 19.6 Å². The number of hydrogen-bond donors (Lipinski definition) is 3. The summed E-state index contributed by atoms with van der Waals surface area (Å²) in [5.41, 5.74) is 0. The minimum atomic E-state index is 0. The first-order chi connectivity index (χ1) is 9.18. The van der Waals surface area contributed by atoms with Crippen LogP contribution in [0, 0.1) is 0 Å². The zero-order valence-electron chi connectivity index (χ0n) is 17.1. The van der Waals surface area contributed by atoms with Crippen LogP contribution in [0.15, 0.2) is 0 Å². The Labute approximate surface area is 184 Å². The number of rotatable bonds is 6. The lowest BCUT2D eigenvalue weighted by molar-refractivity contribution is -0.870. The van der Waals surface area contributed by atoms with Gasteiger partial charge in [-0.1, -0.05) is 0 Å². The number of aliphatic hydroxyl groups is 3. The summed E-state index contributed by atoms with van der Waals surface area (Å²) in [5.74, 6) is 0. The van der Waals surface area contributed by atoms with Crippen LogP contribution in [0.5, 0.6) is 0 Å². The summed E-state index contributed by atoms with van der Waals surface area (Å²) in [5, 5.41) is 25.2. The highest BCUT2D eigenvalue weighted by atomic mass is 127. The monoisotopic (exact) mass is 553 g/mol. The third-order valence-electron chi connectivity index (χ3n) is 2.31. The van der Waals surface area contributed by atoms with Gasteiger partial charge in [-0.3, -0.25) is 0 Å². The summed E-state index contributed by atoms with van der Waals surface area (Å²) in [6, 6.07) is 0. The molecule has 0 atom stereocenters. The fraction of sp³-hybridized carbons (Fsp3) is 1.00. The van der Waals surface area contributed by atoms with E-state index < -0.39 is 0 Å². The van der Waals surface area contributed by atoms with Gasteiger partial charge in [0.05, 0.1) is 83.2 Å². The van der Waals surface area contributed by atoms with Crippen molar-refractivity contribution in [1.82, 2.24) is 0 Å². The molecule has 0 heterocycles. The summed E-state index contributed by atoms with van der Waals surface area (Å²) in [4.78, 5) is 0. The van der Waals surface area contributed by atoms with Crippen LogP contribution in [-0.2, 0) is 0 Å². The Morgan fingerprint density at radius 3 is 0.625 bits per heavy atom. The zero-order valence-corrected chi connectivity index (χ0v) is 21.6. The molecule has 0 aliphatic heterocycles. The largest absolute Gasteiger partial charge is 1.00 e. The molecule has 3 N–H and O–H groups in total. The van der Waals surface area contributed by atoms with Crippen molar-refractivity contribution in [1.29, 1.82) is 0 Å². The molecule has 0 fully saturated rings. The Morgan fingerprint density at radius 1 is 0.500 bits per heavy atom. The number of nitrogens with zero attached hydrogens (tertiary/aromatic N) is 3. The second-order valence-electron chi connectivity index (χ2n) is 8.21. The van der Waals surface area contributed by atoms with E-state index in [0.29, 0.717) is 0 Å². The molecule has 0 aromatic heterocycles. The van der Waals surface area contributed by atoms with Crippen molar-refractivity contribution in [3.05, 3.63) is 0 Å². The predicted octanol–water partition coefficient (Wildman–Crippen LogP) is -9.93. The molecule has 156 valence electrons. The van der Waals surface area contributed by atoms with Crippen LogP contribution in [-0.4, -0.2) is 132 Å². The number of aliphatic hydroxyl groups excluding tert-OH is 3. The van der Waals surface area contributed by atoms with Crippen molar-refractivity contribution in [2.45, 2.75) is 0 Å². The van der Waals surface area contributed by atoms with E-state index in [-0.39, 0.29) is 73.2 Å². The van der Waals surface area contributed by atoms with Crippen molar-refractivity contribution in [3.63, 3.8) is 0 Å². The topological polar surface area (TPSA) is 60.7 Å². The summed E-state index contributed by atoms with van der Waals surface area (Å²) < 4.78 is 2.53. The molecule has 0 aromatic carbocycles. The molecule has 0 spiro atoms. The van der Waals surface area contributed by atoms with Crippen LogP contribution < -0.4 is 53.4 Å². The van der Waals surface area contributed by atoms with E-state index in [1.807, 2.05) is 0 Å². The molecule has 0 rings (SSSR count). The Hall–Kier alpha value is 1.26. The molecule has 0 saturated carbocycles. The van der Waals surface area contributed by atoms with E-state index in [4.69, 9.17) is 15.3 Å². The summed E-state index contributed by atoms with van der Waals surface area (Å²) in [6.45, 7) is 3.34. The third kappa shape index (κ3) is 65.6. The van der Waals surface area contributed by atoms with Gasteiger partial charge < -0.3 is 82.1 Å². The van der Waals surface area contributed by atoms with Crippen LogP contribution in [0.4, 0.5) is 0 Å². The van der Waals surface area contributed by atoms with Crippen molar-refractivity contribution in [2.24, 2.45) is 0 Å². The standard InChI is InChI=1S/3C5H14NO.BrH.ClH.HI/c3*1-6(2,3)4-5-7;;;/h3*7H,4-5H2,1-3H3;3*1H/q3*+1;;;/p-3. The smallest absolute Gasteiger partial charge is 0.101 e. The highest BCUT2D eigenvalue weighted by Crippen LogP contribution is 1.85. The normalized spacial score (nSPS) is 10.5. The van der Waals surface area contributed by atoms with E-state index in [0.717, 1.165) is 33.1 Å². The zero-order chi connectivity index (χ0) is 17.7. The Morgan fingerprint density at radius 2 is 0.625 bits per heavy atom. The molecule has 0 bridgehead atoms. The van der Waals surface area contributed by atoms with Gasteiger partial charge in [0, 0.05) is 0 Å². The first-order valence-corrected chi connectivity index (χ1v) is 7.42. The quantitative estimate of drug-likeness (QED) is 0.226. The van der Waals surface area contributed by atoms with Crippen LogP contribution in [0.25, 0.3) is 0 Å². The fourth-order valence-corrected chi connectivity index (χ4v) is 0.900. The first kappa shape index (κ1) is 40.1. The van der Waals surface area contributed by atoms with Crippen LogP contribution in [0.1, 0.15) is 0 Å². The third-order valence-corrected chi connectivity index (χ3v) is 2.31. The maximum absolute atomic E-state index is 8.39. The number of quaternary nitrogens is 3. The highest BCUT2D eigenvalue weighted by Gasteiger charge is 2.03. The van der Waals surface area contributed by atoms with Gasteiger partial charge in [0.15, 0.2) is 0 Å². The first-order valence-electron chi connectivity index (χ1n) is 7.42. The Balaban J connectivity index is -0.0000000476. The highest BCUT2D eigenvalue weighted by molar-refractivity contribution is 4.20. The fourth-order valence-electron chi connectivity index (χ4n) is 0.900. The van der Waals surface area contributed by atoms with E-state index in [1.54, 1.807) is 0 Å². The molecule has 9 heteroatoms. The number of halogens is 3. The minimum Gasteiger partial charge on any atom is -1.00 e. The Bertz CT molecular complexity index is 195. The maximum atomic E-state index is 8.39. The lowest BCUT2D eigenvalue weighted by atomic mass is 10.5. The maximum Gasteiger partial charge on any atom is 0.101 e. The summed E-state index contributed by atoms with van der Waals surface area (Å²) in [7, 11) is 18.5. The molecule has 0 unspecified atom stereocenters. The Kier molecular flexibility index (Phi) is 34.4. The van der Waals surface area contributed by atoms with E-state index in [2.05, 4.69) is 63.4 Å². The van der Waals surface area contributed by atoms with Gasteiger partial charge in [0.2, 0.25) is 0 Å². The van der Waals surface area contributed by atoms with Gasteiger partial charge in [-0.15, -0.1) is 0 Å². The summed E-state index contributed by atoms with van der Waals surface area (Å²) in [6.07, 6.45) is 0. The average molecular weight is 555 g/mol. The number of hydrogen-bond acceptors (Lipinski definition) is 3. The molecule has 0 amide bonds. The molecule has 0 aliphatic carbocycles. The molecule has 24 heavy (non-hydrogen) atoms. The van der Waals surface area contributed by atoms with Crippen molar-refractivity contribution in [3.8, 4) is 0 Å². The number of likely N-dealkylation sites (N-methyl/N-ethyl adjacent to an activating group) is 3. The molecule has 0 radical (unpaired) electrons. The predicted molar refractivity (Wildman–Crippen MR) is 90.0 cm³/mol. The minimum absolute atomic E-state index is 0. The molecule has 0 saturated heterocycles. The van der Waals surface area contributed by atoms with E-state index in [9.17, 15) is 0 Å². The van der Waals surface area contributed by atoms with Gasteiger partial charge in [-0.2, -0.15) is 0 Å². The van der Waals surface area contributed by atoms with E-state index >= 15 is 0 Å². The molecular formula is C15H42BrClIN3O3. The lowest BCUT2D eigenvalue weighted by Gasteiger charge is -2.21. The SMILES string of the molecule is C[N+](C)(C)CCO.C[N+](C)(C)CCO.C[N+](C)(C)CCO.[Br-].[Cl-].[I-]. The van der Waals surface area contributed by atoms with Crippen LogP contribution >= 0.6 is 0 Å². The second kappa shape index (κ2) is 20.6. The van der Waals surface area contributed by atoms with Crippen molar-refractivity contribution < 1.29 is 82.1 Å². The second-order valence-corrected chi connectivity index (χ2v) is 8.21. The van der Waals surface area contributed by atoms with E-state index in [1.165, 1.54) is 0 Å². The summed E-state index contributed by atoms with van der Waals surface area (Å²) >= 11 is 0. The van der Waals surface area contributed by atoms with Gasteiger partial charge >= 0.3 is 0 Å². The molecular weight excluding hydrogens is 512 g/mol. The molecule has 0 aliphatic rings. The molecule has 6 nitrogen and oxygen atoms in total. The van der Waals surface area contributed by atoms with Gasteiger partial charge in [-0.05, 0) is 0 Å². The lowest BCUT2D eigenvalue weighted by Crippen LogP contribution is -3.00.